The molecule has 1 atom stereocenters. The van der Waals surface area contributed by atoms with E-state index in [0.29, 0.717) is 5.88 Å². The summed E-state index contributed by atoms with van der Waals surface area (Å²) in [4.78, 5) is 0. The molecule has 1 aliphatic heterocycles. The van der Waals surface area contributed by atoms with Crippen molar-refractivity contribution in [3.63, 3.8) is 0 Å². The van der Waals surface area contributed by atoms with Gasteiger partial charge in [0.15, 0.2) is 11.5 Å². The molecule has 4 heteroatoms. The molecular formula is C15H21ClO3. The third-order valence-electron chi connectivity index (χ3n) is 3.76. The van der Waals surface area contributed by atoms with E-state index in [-0.39, 0.29) is 5.60 Å². The molecule has 0 N–H and O–H groups in total. The molecular weight excluding hydrogens is 264 g/mol. The van der Waals surface area contributed by atoms with E-state index in [2.05, 4.69) is 13.0 Å². The van der Waals surface area contributed by atoms with E-state index in [4.69, 9.17) is 25.8 Å². The molecule has 1 aromatic carbocycles. The molecule has 0 aliphatic carbocycles. The largest absolute Gasteiger partial charge is 0.493 e. The van der Waals surface area contributed by atoms with Gasteiger partial charge < -0.3 is 14.2 Å². The van der Waals surface area contributed by atoms with Crippen LogP contribution in [0.15, 0.2) is 12.1 Å². The lowest BCUT2D eigenvalue weighted by Gasteiger charge is -2.36. The van der Waals surface area contributed by atoms with Crippen molar-refractivity contribution >= 4 is 11.6 Å². The van der Waals surface area contributed by atoms with E-state index in [1.54, 1.807) is 14.2 Å². The van der Waals surface area contributed by atoms with E-state index in [1.807, 2.05) is 6.07 Å². The fourth-order valence-corrected chi connectivity index (χ4v) is 2.83. The lowest BCUT2D eigenvalue weighted by atomic mass is 9.84. The van der Waals surface area contributed by atoms with Gasteiger partial charge in [0.05, 0.1) is 26.4 Å². The lowest BCUT2D eigenvalue weighted by molar-refractivity contribution is -0.0527. The maximum absolute atomic E-state index is 6.01. The predicted molar refractivity (Wildman–Crippen MR) is 76.5 cm³/mol. The summed E-state index contributed by atoms with van der Waals surface area (Å²) in [5, 5.41) is 0. The zero-order chi connectivity index (χ0) is 13.9. The Kier molecular flexibility index (Phi) is 4.58. The Morgan fingerprint density at radius 1 is 1.26 bits per heavy atom. The molecule has 0 spiro atoms. The van der Waals surface area contributed by atoms with Gasteiger partial charge in [-0.3, -0.25) is 0 Å². The Bertz CT molecular complexity index is 447. The summed E-state index contributed by atoms with van der Waals surface area (Å²) >= 11 is 5.82. The van der Waals surface area contributed by atoms with Gasteiger partial charge in [0.25, 0.3) is 0 Å². The summed E-state index contributed by atoms with van der Waals surface area (Å²) in [7, 11) is 3.32. The highest BCUT2D eigenvalue weighted by Gasteiger charge is 2.33. The maximum atomic E-state index is 6.01. The van der Waals surface area contributed by atoms with Crippen LogP contribution in [-0.2, 0) is 16.8 Å². The molecule has 0 fully saturated rings. The van der Waals surface area contributed by atoms with E-state index < -0.39 is 0 Å². The molecule has 0 amide bonds. The number of fused-ring (bicyclic) bond motifs is 1. The fraction of sp³-hybridized carbons (Fsp3) is 0.600. The number of alkyl halides is 1. The second-order valence-electron chi connectivity index (χ2n) is 4.99. The Morgan fingerprint density at radius 3 is 2.58 bits per heavy atom. The number of rotatable bonds is 5. The van der Waals surface area contributed by atoms with Gasteiger partial charge >= 0.3 is 0 Å². The van der Waals surface area contributed by atoms with Crippen LogP contribution in [0.4, 0.5) is 0 Å². The monoisotopic (exact) mass is 284 g/mol. The summed E-state index contributed by atoms with van der Waals surface area (Å²) < 4.78 is 16.8. The van der Waals surface area contributed by atoms with Crippen LogP contribution in [0, 0.1) is 0 Å². The van der Waals surface area contributed by atoms with Gasteiger partial charge in [-0.15, -0.1) is 11.6 Å². The van der Waals surface area contributed by atoms with E-state index in [9.17, 15) is 0 Å². The van der Waals surface area contributed by atoms with Crippen molar-refractivity contribution in [2.75, 3.05) is 26.7 Å². The minimum Gasteiger partial charge on any atom is -0.493 e. The maximum Gasteiger partial charge on any atom is 0.161 e. The highest BCUT2D eigenvalue weighted by molar-refractivity contribution is 6.17. The van der Waals surface area contributed by atoms with Crippen molar-refractivity contribution in [2.45, 2.75) is 31.8 Å². The first-order chi connectivity index (χ1) is 9.14. The summed E-state index contributed by atoms with van der Waals surface area (Å²) in [6, 6.07) is 4.11. The minimum atomic E-state index is -0.276. The molecule has 2 rings (SSSR count). The van der Waals surface area contributed by atoms with Crippen LogP contribution in [0.1, 0.15) is 30.9 Å². The Morgan fingerprint density at radius 2 is 1.95 bits per heavy atom. The summed E-state index contributed by atoms with van der Waals surface area (Å²) in [6.07, 6.45) is 2.76. The Hall–Kier alpha value is -0.930. The average molecular weight is 285 g/mol. The van der Waals surface area contributed by atoms with Crippen LogP contribution >= 0.6 is 11.6 Å². The molecule has 0 radical (unpaired) electrons. The zero-order valence-corrected chi connectivity index (χ0v) is 12.5. The number of benzene rings is 1. The van der Waals surface area contributed by atoms with Crippen molar-refractivity contribution in [3.8, 4) is 11.5 Å². The number of ether oxygens (including phenoxy) is 3. The predicted octanol–water partition coefficient (Wildman–Crippen LogP) is 3.51. The quantitative estimate of drug-likeness (QED) is 0.775. The van der Waals surface area contributed by atoms with Gasteiger partial charge in [0.2, 0.25) is 0 Å². The van der Waals surface area contributed by atoms with Gasteiger partial charge in [0, 0.05) is 5.88 Å². The van der Waals surface area contributed by atoms with Crippen molar-refractivity contribution < 1.29 is 14.2 Å². The summed E-state index contributed by atoms with van der Waals surface area (Å²) in [5.41, 5.74) is 2.20. The topological polar surface area (TPSA) is 27.7 Å². The van der Waals surface area contributed by atoms with Crippen molar-refractivity contribution in [3.05, 3.63) is 23.3 Å². The first kappa shape index (κ1) is 14.5. The van der Waals surface area contributed by atoms with Crippen molar-refractivity contribution in [1.29, 1.82) is 0 Å². The zero-order valence-electron chi connectivity index (χ0n) is 11.8. The molecule has 1 aliphatic rings. The first-order valence-electron chi connectivity index (χ1n) is 6.60. The highest BCUT2D eigenvalue weighted by Crippen LogP contribution is 2.42. The van der Waals surface area contributed by atoms with Gasteiger partial charge in [-0.2, -0.15) is 0 Å². The van der Waals surface area contributed by atoms with Crippen LogP contribution in [0.2, 0.25) is 0 Å². The van der Waals surface area contributed by atoms with E-state index in [1.165, 1.54) is 11.1 Å². The first-order valence-corrected chi connectivity index (χ1v) is 7.13. The molecule has 1 heterocycles. The standard InChI is InChI=1S/C15H21ClO3/c1-15(6-4-7-16)12-10-14(18-3)13(17-2)9-11(12)5-8-19-15/h9-10H,4-8H2,1-3H3. The number of halogens is 1. The summed E-state index contributed by atoms with van der Waals surface area (Å²) in [5.74, 6) is 2.19. The Balaban J connectivity index is 2.42. The average Bonchev–Trinajstić information content (AvgIpc) is 2.44. The second-order valence-corrected chi connectivity index (χ2v) is 5.36. The smallest absolute Gasteiger partial charge is 0.161 e. The van der Waals surface area contributed by atoms with Gasteiger partial charge in [-0.1, -0.05) is 0 Å². The van der Waals surface area contributed by atoms with Gasteiger partial charge in [0.1, 0.15) is 0 Å². The molecule has 1 unspecified atom stereocenters. The third kappa shape index (κ3) is 2.82. The molecule has 3 nitrogen and oxygen atoms in total. The van der Waals surface area contributed by atoms with Crippen LogP contribution in [0.5, 0.6) is 11.5 Å². The van der Waals surface area contributed by atoms with Gasteiger partial charge in [-0.25, -0.2) is 0 Å². The van der Waals surface area contributed by atoms with Gasteiger partial charge in [-0.05, 0) is 49.4 Å². The number of hydrogen-bond donors (Lipinski definition) is 0. The highest BCUT2D eigenvalue weighted by atomic mass is 35.5. The molecule has 0 saturated heterocycles. The van der Waals surface area contributed by atoms with E-state index in [0.717, 1.165) is 37.4 Å². The molecule has 0 bridgehead atoms. The Labute approximate surface area is 119 Å². The minimum absolute atomic E-state index is 0.276. The second kappa shape index (κ2) is 6.02. The molecule has 1 aromatic rings. The molecule has 19 heavy (non-hydrogen) atoms. The normalized spacial score (nSPS) is 21.9. The van der Waals surface area contributed by atoms with Crippen LogP contribution in [0.3, 0.4) is 0 Å². The van der Waals surface area contributed by atoms with Crippen LogP contribution in [-0.4, -0.2) is 26.7 Å². The summed E-state index contributed by atoms with van der Waals surface area (Å²) in [6.45, 7) is 2.87. The SMILES string of the molecule is COc1cc2c(cc1OC)C(C)(CCCCl)OCC2. The van der Waals surface area contributed by atoms with Crippen LogP contribution < -0.4 is 9.47 Å². The van der Waals surface area contributed by atoms with Crippen molar-refractivity contribution in [1.82, 2.24) is 0 Å². The lowest BCUT2D eigenvalue weighted by Crippen LogP contribution is -2.32. The molecule has 106 valence electrons. The third-order valence-corrected chi connectivity index (χ3v) is 4.03. The number of methoxy groups -OCH3 is 2. The molecule has 0 saturated carbocycles. The van der Waals surface area contributed by atoms with Crippen molar-refractivity contribution in [2.24, 2.45) is 0 Å². The molecule has 0 aromatic heterocycles. The number of hydrogen-bond acceptors (Lipinski definition) is 3. The fourth-order valence-electron chi connectivity index (χ4n) is 2.70. The van der Waals surface area contributed by atoms with Crippen LogP contribution in [0.25, 0.3) is 0 Å². The van der Waals surface area contributed by atoms with E-state index >= 15 is 0 Å².